The fourth-order valence-electron chi connectivity index (χ4n) is 4.23. The molecular weight excluding hydrogens is 322 g/mol. The van der Waals surface area contributed by atoms with E-state index in [2.05, 4.69) is 4.90 Å². The van der Waals surface area contributed by atoms with E-state index in [-0.39, 0.29) is 18.3 Å². The van der Waals surface area contributed by atoms with Crippen molar-refractivity contribution < 1.29 is 4.79 Å². The van der Waals surface area contributed by atoms with Crippen LogP contribution < -0.4 is 5.73 Å². The summed E-state index contributed by atoms with van der Waals surface area (Å²) in [6.07, 6.45) is 7.99. The summed E-state index contributed by atoms with van der Waals surface area (Å²) >= 11 is 0. The molecular formula is C19H30ClN3O. The standard InChI is InChI=1S/C19H29N3O.ClH/c1-21(19(23)14-15-7-6-8-16(20)13-15)17-9-2-3-10-18(17)22-11-4-5-12-22;/h6-8,13,17-18H,2-5,9-12,14,20H2,1H3;1H/t17-,18-;/m0./s1. The molecule has 4 nitrogen and oxygen atoms in total. The third kappa shape index (κ3) is 4.42. The Labute approximate surface area is 151 Å². The third-order valence-electron chi connectivity index (χ3n) is 5.50. The molecule has 2 aliphatic rings. The lowest BCUT2D eigenvalue weighted by Crippen LogP contribution is -2.53. The number of likely N-dealkylation sites (N-methyl/N-ethyl adjacent to an activating group) is 1. The van der Waals surface area contributed by atoms with Gasteiger partial charge in [0, 0.05) is 24.8 Å². The number of benzene rings is 1. The number of nitrogen functional groups attached to an aromatic ring is 1. The number of likely N-dealkylation sites (tertiary alicyclic amines) is 1. The molecule has 1 saturated heterocycles. The van der Waals surface area contributed by atoms with E-state index in [4.69, 9.17) is 5.73 Å². The second-order valence-electron chi connectivity index (χ2n) is 7.09. The van der Waals surface area contributed by atoms with Crippen LogP contribution in [0, 0.1) is 0 Å². The van der Waals surface area contributed by atoms with E-state index in [1.54, 1.807) is 0 Å². The van der Waals surface area contributed by atoms with Gasteiger partial charge in [-0.3, -0.25) is 9.69 Å². The molecule has 0 spiro atoms. The molecule has 2 N–H and O–H groups in total. The van der Waals surface area contributed by atoms with Crippen molar-refractivity contribution in [1.29, 1.82) is 0 Å². The Balaban J connectivity index is 0.00000208. The molecule has 134 valence electrons. The van der Waals surface area contributed by atoms with Gasteiger partial charge in [-0.25, -0.2) is 0 Å². The second kappa shape index (κ2) is 8.72. The molecule has 1 heterocycles. The first-order chi connectivity index (χ1) is 11.1. The van der Waals surface area contributed by atoms with Crippen LogP contribution in [0.2, 0.25) is 0 Å². The van der Waals surface area contributed by atoms with Gasteiger partial charge in [0.1, 0.15) is 0 Å². The molecule has 0 radical (unpaired) electrons. The fraction of sp³-hybridized carbons (Fsp3) is 0.632. The van der Waals surface area contributed by atoms with Crippen LogP contribution >= 0.6 is 12.4 Å². The van der Waals surface area contributed by atoms with Gasteiger partial charge in [0.15, 0.2) is 0 Å². The van der Waals surface area contributed by atoms with Crippen LogP contribution in [0.3, 0.4) is 0 Å². The topological polar surface area (TPSA) is 49.6 Å². The van der Waals surface area contributed by atoms with Crippen LogP contribution in [-0.2, 0) is 11.2 Å². The first kappa shape index (κ1) is 19.1. The van der Waals surface area contributed by atoms with Crippen LogP contribution in [0.25, 0.3) is 0 Å². The van der Waals surface area contributed by atoms with Gasteiger partial charge in [-0.2, -0.15) is 0 Å². The fourth-order valence-corrected chi connectivity index (χ4v) is 4.23. The van der Waals surface area contributed by atoms with E-state index < -0.39 is 0 Å². The number of nitrogens with two attached hydrogens (primary N) is 1. The largest absolute Gasteiger partial charge is 0.399 e. The highest BCUT2D eigenvalue weighted by Gasteiger charge is 2.35. The van der Waals surface area contributed by atoms with Crippen LogP contribution in [0.15, 0.2) is 24.3 Å². The van der Waals surface area contributed by atoms with E-state index in [9.17, 15) is 4.79 Å². The van der Waals surface area contributed by atoms with Gasteiger partial charge >= 0.3 is 0 Å². The van der Waals surface area contributed by atoms with Gasteiger partial charge in [-0.1, -0.05) is 25.0 Å². The van der Waals surface area contributed by atoms with E-state index in [1.165, 1.54) is 45.2 Å². The van der Waals surface area contributed by atoms with Gasteiger partial charge in [0.2, 0.25) is 5.91 Å². The van der Waals surface area contributed by atoms with Crippen molar-refractivity contribution in [2.75, 3.05) is 25.9 Å². The summed E-state index contributed by atoms with van der Waals surface area (Å²) in [5.74, 6) is 0.215. The minimum absolute atomic E-state index is 0. The van der Waals surface area contributed by atoms with Gasteiger partial charge in [-0.05, 0) is 56.5 Å². The molecule has 2 atom stereocenters. The zero-order valence-corrected chi connectivity index (χ0v) is 15.4. The highest BCUT2D eigenvalue weighted by Crippen LogP contribution is 2.29. The van der Waals surface area contributed by atoms with E-state index in [0.29, 0.717) is 18.5 Å². The molecule has 1 aromatic rings. The highest BCUT2D eigenvalue weighted by molar-refractivity contribution is 5.85. The van der Waals surface area contributed by atoms with Crippen molar-refractivity contribution in [3.63, 3.8) is 0 Å². The van der Waals surface area contributed by atoms with Crippen LogP contribution in [0.5, 0.6) is 0 Å². The van der Waals surface area contributed by atoms with E-state index >= 15 is 0 Å². The van der Waals surface area contributed by atoms with Crippen LogP contribution in [0.1, 0.15) is 44.1 Å². The maximum absolute atomic E-state index is 12.8. The summed E-state index contributed by atoms with van der Waals surface area (Å²) in [5.41, 5.74) is 7.56. The molecule has 0 unspecified atom stereocenters. The normalized spacial score (nSPS) is 24.4. The number of carbonyl (C=O) groups excluding carboxylic acids is 1. The Bertz CT molecular complexity index is 545. The molecule has 2 fully saturated rings. The lowest BCUT2D eigenvalue weighted by Gasteiger charge is -2.42. The molecule has 1 aliphatic heterocycles. The molecule has 24 heavy (non-hydrogen) atoms. The van der Waals surface area contributed by atoms with Crippen molar-refractivity contribution in [2.24, 2.45) is 0 Å². The third-order valence-corrected chi connectivity index (χ3v) is 5.50. The molecule has 1 amide bonds. The SMILES string of the molecule is CN(C(=O)Cc1cccc(N)c1)[C@H]1CCCC[C@@H]1N1CCCC1.Cl. The quantitative estimate of drug-likeness (QED) is 0.848. The smallest absolute Gasteiger partial charge is 0.227 e. The van der Waals surface area contributed by atoms with Crippen molar-refractivity contribution in [3.8, 4) is 0 Å². The molecule has 1 saturated carbocycles. The van der Waals surface area contributed by atoms with E-state index in [1.807, 2.05) is 36.2 Å². The van der Waals surface area contributed by atoms with E-state index in [0.717, 1.165) is 17.7 Å². The van der Waals surface area contributed by atoms with Crippen LogP contribution in [-0.4, -0.2) is 47.9 Å². The van der Waals surface area contributed by atoms with Crippen molar-refractivity contribution >= 4 is 24.0 Å². The second-order valence-corrected chi connectivity index (χ2v) is 7.09. The highest BCUT2D eigenvalue weighted by atomic mass is 35.5. The molecule has 3 rings (SSSR count). The zero-order chi connectivity index (χ0) is 16.2. The minimum Gasteiger partial charge on any atom is -0.399 e. The van der Waals surface area contributed by atoms with Gasteiger partial charge in [0.05, 0.1) is 6.42 Å². The number of rotatable bonds is 4. The minimum atomic E-state index is 0. The number of halogens is 1. The first-order valence-electron chi connectivity index (χ1n) is 8.99. The zero-order valence-electron chi connectivity index (χ0n) is 14.6. The van der Waals surface area contributed by atoms with Gasteiger partial charge in [0.25, 0.3) is 0 Å². The van der Waals surface area contributed by atoms with Gasteiger partial charge < -0.3 is 10.6 Å². The number of hydrogen-bond acceptors (Lipinski definition) is 3. The van der Waals surface area contributed by atoms with Gasteiger partial charge in [-0.15, -0.1) is 12.4 Å². The lowest BCUT2D eigenvalue weighted by atomic mass is 9.88. The van der Waals surface area contributed by atoms with Crippen LogP contribution in [0.4, 0.5) is 5.69 Å². The number of anilines is 1. The van der Waals surface area contributed by atoms with Crippen molar-refractivity contribution in [3.05, 3.63) is 29.8 Å². The summed E-state index contributed by atoms with van der Waals surface area (Å²) in [6, 6.07) is 8.61. The number of hydrogen-bond donors (Lipinski definition) is 1. The monoisotopic (exact) mass is 351 g/mol. The molecule has 1 aliphatic carbocycles. The summed E-state index contributed by atoms with van der Waals surface area (Å²) in [7, 11) is 1.99. The lowest BCUT2D eigenvalue weighted by molar-refractivity contribution is -0.133. The maximum atomic E-state index is 12.8. The first-order valence-corrected chi connectivity index (χ1v) is 8.99. The number of nitrogens with zero attached hydrogens (tertiary/aromatic N) is 2. The van der Waals surface area contributed by atoms with Crippen molar-refractivity contribution in [2.45, 2.75) is 57.0 Å². The summed E-state index contributed by atoms with van der Waals surface area (Å²) in [6.45, 7) is 2.41. The Hall–Kier alpha value is -1.26. The summed E-state index contributed by atoms with van der Waals surface area (Å²) in [5, 5.41) is 0. The number of amides is 1. The molecule has 0 aromatic heterocycles. The Morgan fingerprint density at radius 3 is 2.62 bits per heavy atom. The summed E-state index contributed by atoms with van der Waals surface area (Å²) in [4.78, 5) is 17.4. The van der Waals surface area contributed by atoms with Crippen molar-refractivity contribution in [1.82, 2.24) is 9.80 Å². The maximum Gasteiger partial charge on any atom is 0.227 e. The summed E-state index contributed by atoms with van der Waals surface area (Å²) < 4.78 is 0. The predicted molar refractivity (Wildman–Crippen MR) is 101 cm³/mol. The Morgan fingerprint density at radius 2 is 1.92 bits per heavy atom. The predicted octanol–water partition coefficient (Wildman–Crippen LogP) is 3.10. The average molecular weight is 352 g/mol. The Kier molecular flexibility index (Phi) is 6.93. The average Bonchev–Trinajstić information content (AvgIpc) is 3.08. The molecule has 5 heteroatoms. The molecule has 0 bridgehead atoms. The Morgan fingerprint density at radius 1 is 1.21 bits per heavy atom. The molecule has 1 aromatic carbocycles. The number of carbonyl (C=O) groups is 1.